The molecule has 134 valence electrons. The van der Waals surface area contributed by atoms with Gasteiger partial charge in [-0.1, -0.05) is 31.2 Å². The molecule has 1 heterocycles. The van der Waals surface area contributed by atoms with Crippen molar-refractivity contribution in [1.82, 2.24) is 9.78 Å². The van der Waals surface area contributed by atoms with Crippen LogP contribution in [0.1, 0.15) is 29.4 Å². The molecule has 0 fully saturated rings. The zero-order valence-electron chi connectivity index (χ0n) is 15.4. The van der Waals surface area contributed by atoms with E-state index < -0.39 is 0 Å². The Balaban J connectivity index is 1.64. The summed E-state index contributed by atoms with van der Waals surface area (Å²) in [6, 6.07) is 18.6. The number of hydrogen-bond donors (Lipinski definition) is 2. The Bertz CT molecular complexity index is 897. The van der Waals surface area contributed by atoms with Crippen molar-refractivity contribution in [2.45, 2.75) is 33.7 Å². The lowest BCUT2D eigenvalue weighted by Crippen LogP contribution is -2.19. The van der Waals surface area contributed by atoms with Crippen molar-refractivity contribution in [3.63, 3.8) is 0 Å². The Morgan fingerprint density at radius 1 is 0.962 bits per heavy atom. The van der Waals surface area contributed by atoms with E-state index in [-0.39, 0.29) is 0 Å². The Labute approximate surface area is 160 Å². The van der Waals surface area contributed by atoms with Gasteiger partial charge < -0.3 is 10.6 Å². The monoisotopic (exact) mass is 364 g/mol. The van der Waals surface area contributed by atoms with E-state index in [2.05, 4.69) is 59.9 Å². The molecule has 0 aliphatic rings. The van der Waals surface area contributed by atoms with Gasteiger partial charge in [-0.2, -0.15) is 5.10 Å². The average molecular weight is 365 g/mol. The van der Waals surface area contributed by atoms with Crippen LogP contribution in [0.2, 0.25) is 0 Å². The number of aromatic nitrogens is 2. The first-order chi connectivity index (χ1) is 12.5. The Kier molecular flexibility index (Phi) is 5.68. The van der Waals surface area contributed by atoms with Gasteiger partial charge in [0, 0.05) is 17.1 Å². The highest BCUT2D eigenvalue weighted by molar-refractivity contribution is 7.80. The van der Waals surface area contributed by atoms with E-state index >= 15 is 0 Å². The van der Waals surface area contributed by atoms with Crippen LogP contribution in [-0.2, 0) is 13.0 Å². The molecule has 0 aliphatic heterocycles. The van der Waals surface area contributed by atoms with E-state index in [4.69, 9.17) is 12.2 Å². The van der Waals surface area contributed by atoms with E-state index in [1.807, 2.05) is 35.9 Å². The van der Waals surface area contributed by atoms with E-state index in [1.165, 1.54) is 11.1 Å². The summed E-state index contributed by atoms with van der Waals surface area (Å²) in [5.74, 6) is 0. The maximum absolute atomic E-state index is 5.44. The molecule has 2 N–H and O–H groups in total. The molecule has 4 nitrogen and oxygen atoms in total. The Morgan fingerprint density at radius 3 is 2.35 bits per heavy atom. The minimum atomic E-state index is 0.581. The second-order valence-electron chi connectivity index (χ2n) is 6.41. The maximum atomic E-state index is 5.44. The molecule has 1 aromatic heterocycles. The Morgan fingerprint density at radius 2 is 1.69 bits per heavy atom. The SMILES string of the molecule is CCc1ccc(NC(=S)Nc2cccc(Cn3nc(C)cc3C)c2)cc1. The number of hydrogen-bond acceptors (Lipinski definition) is 2. The van der Waals surface area contributed by atoms with Gasteiger partial charge in [0.15, 0.2) is 5.11 Å². The summed E-state index contributed by atoms with van der Waals surface area (Å²) in [4.78, 5) is 0. The fourth-order valence-electron chi connectivity index (χ4n) is 2.87. The van der Waals surface area contributed by atoms with Gasteiger partial charge in [0.2, 0.25) is 0 Å². The molecule has 3 rings (SSSR count). The molecule has 0 aliphatic carbocycles. The van der Waals surface area contributed by atoms with Gasteiger partial charge in [-0.3, -0.25) is 4.68 Å². The predicted molar refractivity (Wildman–Crippen MR) is 113 cm³/mol. The number of anilines is 2. The molecular formula is C21H24N4S. The van der Waals surface area contributed by atoms with Crippen molar-refractivity contribution < 1.29 is 0 Å². The quantitative estimate of drug-likeness (QED) is 0.631. The van der Waals surface area contributed by atoms with Crippen molar-refractivity contribution >= 4 is 28.7 Å². The minimum absolute atomic E-state index is 0.581. The molecule has 0 bridgehead atoms. The summed E-state index contributed by atoms with van der Waals surface area (Å²) in [6.45, 7) is 6.98. The van der Waals surface area contributed by atoms with Gasteiger partial charge in [-0.15, -0.1) is 0 Å². The molecular weight excluding hydrogens is 340 g/mol. The molecule has 0 atom stereocenters. The summed E-state index contributed by atoms with van der Waals surface area (Å²) < 4.78 is 2.01. The molecule has 3 aromatic rings. The predicted octanol–water partition coefficient (Wildman–Crippen LogP) is 4.92. The molecule has 5 heteroatoms. The van der Waals surface area contributed by atoms with Gasteiger partial charge in [0.1, 0.15) is 0 Å². The zero-order chi connectivity index (χ0) is 18.5. The average Bonchev–Trinajstić information content (AvgIpc) is 2.93. The molecule has 0 radical (unpaired) electrons. The largest absolute Gasteiger partial charge is 0.332 e. The lowest BCUT2D eigenvalue weighted by Gasteiger charge is -2.12. The van der Waals surface area contributed by atoms with Crippen LogP contribution in [0.15, 0.2) is 54.6 Å². The Hall–Kier alpha value is -2.66. The van der Waals surface area contributed by atoms with Crippen LogP contribution in [0.25, 0.3) is 0 Å². The summed E-state index contributed by atoms with van der Waals surface area (Å²) in [5.41, 5.74) is 6.64. The van der Waals surface area contributed by atoms with Crippen LogP contribution < -0.4 is 10.6 Å². The fraction of sp³-hybridized carbons (Fsp3) is 0.238. The van der Waals surface area contributed by atoms with E-state index in [0.29, 0.717) is 5.11 Å². The van der Waals surface area contributed by atoms with E-state index in [9.17, 15) is 0 Å². The van der Waals surface area contributed by atoms with Crippen LogP contribution in [0.3, 0.4) is 0 Å². The van der Waals surface area contributed by atoms with Gasteiger partial charge in [-0.05, 0) is 73.9 Å². The van der Waals surface area contributed by atoms with Crippen molar-refractivity contribution in [3.05, 3.63) is 77.1 Å². The topological polar surface area (TPSA) is 41.9 Å². The van der Waals surface area contributed by atoms with Gasteiger partial charge in [0.25, 0.3) is 0 Å². The number of nitrogens with zero attached hydrogens (tertiary/aromatic N) is 2. The summed E-state index contributed by atoms with van der Waals surface area (Å²) in [6.07, 6.45) is 1.03. The second kappa shape index (κ2) is 8.15. The normalized spacial score (nSPS) is 10.6. The molecule has 0 unspecified atom stereocenters. The van der Waals surface area contributed by atoms with Gasteiger partial charge in [0.05, 0.1) is 12.2 Å². The first kappa shape index (κ1) is 18.1. The summed E-state index contributed by atoms with van der Waals surface area (Å²) in [5, 5.41) is 11.6. The molecule has 0 saturated heterocycles. The maximum Gasteiger partial charge on any atom is 0.175 e. The molecule has 0 saturated carbocycles. The lowest BCUT2D eigenvalue weighted by atomic mass is 10.1. The standard InChI is InChI=1S/C21H24N4S/c1-4-17-8-10-19(11-9-17)22-21(26)23-20-7-5-6-18(13-20)14-25-16(3)12-15(2)24-25/h5-13H,4,14H2,1-3H3,(H2,22,23,26). The number of thiocarbonyl (C=S) groups is 1. The summed E-state index contributed by atoms with van der Waals surface area (Å²) in [7, 11) is 0. The molecule has 0 spiro atoms. The number of nitrogens with one attached hydrogen (secondary N) is 2. The molecule has 2 aromatic carbocycles. The number of benzene rings is 2. The van der Waals surface area contributed by atoms with Crippen molar-refractivity contribution in [1.29, 1.82) is 0 Å². The van der Waals surface area contributed by atoms with Crippen LogP contribution in [0.4, 0.5) is 11.4 Å². The lowest BCUT2D eigenvalue weighted by molar-refractivity contribution is 0.659. The van der Waals surface area contributed by atoms with Crippen LogP contribution in [-0.4, -0.2) is 14.9 Å². The number of aryl methyl sites for hydroxylation is 3. The highest BCUT2D eigenvalue weighted by Gasteiger charge is 2.04. The second-order valence-corrected chi connectivity index (χ2v) is 6.82. The van der Waals surface area contributed by atoms with E-state index in [0.717, 1.165) is 35.7 Å². The van der Waals surface area contributed by atoms with Crippen molar-refractivity contribution in [3.8, 4) is 0 Å². The highest BCUT2D eigenvalue weighted by atomic mass is 32.1. The van der Waals surface area contributed by atoms with Crippen LogP contribution in [0, 0.1) is 13.8 Å². The van der Waals surface area contributed by atoms with E-state index in [1.54, 1.807) is 0 Å². The highest BCUT2D eigenvalue weighted by Crippen LogP contribution is 2.15. The van der Waals surface area contributed by atoms with Gasteiger partial charge in [-0.25, -0.2) is 0 Å². The third kappa shape index (κ3) is 4.70. The molecule has 0 amide bonds. The smallest absolute Gasteiger partial charge is 0.175 e. The summed E-state index contributed by atoms with van der Waals surface area (Å²) >= 11 is 5.44. The fourth-order valence-corrected chi connectivity index (χ4v) is 3.11. The van der Waals surface area contributed by atoms with Crippen LogP contribution >= 0.6 is 12.2 Å². The third-order valence-electron chi connectivity index (χ3n) is 4.24. The third-order valence-corrected chi connectivity index (χ3v) is 4.44. The van der Waals surface area contributed by atoms with Crippen molar-refractivity contribution in [2.24, 2.45) is 0 Å². The first-order valence-corrected chi connectivity index (χ1v) is 9.21. The zero-order valence-corrected chi connectivity index (χ0v) is 16.2. The van der Waals surface area contributed by atoms with Crippen LogP contribution in [0.5, 0.6) is 0 Å². The first-order valence-electron chi connectivity index (χ1n) is 8.80. The number of rotatable bonds is 5. The van der Waals surface area contributed by atoms with Crippen molar-refractivity contribution in [2.75, 3.05) is 10.6 Å². The van der Waals surface area contributed by atoms with Gasteiger partial charge >= 0.3 is 0 Å². The minimum Gasteiger partial charge on any atom is -0.332 e. The molecule has 26 heavy (non-hydrogen) atoms.